The smallest absolute Gasteiger partial charge is 0.338 e. The number of sulfonamides is 1. The van der Waals surface area contributed by atoms with Crippen molar-refractivity contribution in [2.75, 3.05) is 44.0 Å². The molecule has 0 radical (unpaired) electrons. The van der Waals surface area contributed by atoms with Crippen molar-refractivity contribution in [3.05, 3.63) is 58.1 Å². The minimum absolute atomic E-state index is 0.00313. The molecule has 0 aliphatic carbocycles. The maximum Gasteiger partial charge on any atom is 0.338 e. The number of nitrogens with zero attached hydrogens (tertiary/aromatic N) is 2. The number of esters is 1. The van der Waals surface area contributed by atoms with Gasteiger partial charge in [-0.15, -0.1) is 0 Å². The number of anilines is 2. The third kappa shape index (κ3) is 5.38. The first-order chi connectivity index (χ1) is 15.2. The lowest BCUT2D eigenvalue weighted by molar-refractivity contribution is -0.383. The van der Waals surface area contributed by atoms with Crippen molar-refractivity contribution in [3.8, 4) is 0 Å². The topological polar surface area (TPSA) is 171 Å². The molecule has 1 aliphatic heterocycles. The Morgan fingerprint density at radius 2 is 1.91 bits per heavy atom. The van der Waals surface area contributed by atoms with Crippen LogP contribution in [0.25, 0.3) is 0 Å². The molecule has 3 N–H and O–H groups in total. The minimum Gasteiger partial charge on any atom is -0.452 e. The van der Waals surface area contributed by atoms with E-state index < -0.39 is 39.1 Å². The Balaban J connectivity index is 1.62. The predicted octanol–water partition coefficient (Wildman–Crippen LogP) is 0.993. The fraction of sp³-hybridized carbons (Fsp3) is 0.263. The van der Waals surface area contributed by atoms with Crippen LogP contribution in [0, 0.1) is 10.1 Å². The largest absolute Gasteiger partial charge is 0.452 e. The first-order valence-corrected chi connectivity index (χ1v) is 10.8. The normalized spacial score (nSPS) is 14.5. The van der Waals surface area contributed by atoms with Gasteiger partial charge in [0.1, 0.15) is 5.69 Å². The fourth-order valence-electron chi connectivity index (χ4n) is 2.91. The molecule has 2 aromatic rings. The number of nitro benzene ring substituents is 1. The number of nitrogens with two attached hydrogens (primary N) is 1. The first-order valence-electron chi connectivity index (χ1n) is 9.37. The van der Waals surface area contributed by atoms with E-state index in [0.29, 0.717) is 13.2 Å². The number of carbonyl (C=O) groups excluding carboxylic acids is 2. The van der Waals surface area contributed by atoms with Gasteiger partial charge in [-0.2, -0.15) is 4.31 Å². The zero-order valence-electron chi connectivity index (χ0n) is 16.7. The van der Waals surface area contributed by atoms with Gasteiger partial charge in [-0.3, -0.25) is 14.9 Å². The van der Waals surface area contributed by atoms with Crippen LogP contribution in [0.5, 0.6) is 0 Å². The number of morpholine rings is 1. The summed E-state index contributed by atoms with van der Waals surface area (Å²) >= 11 is 0. The molecule has 170 valence electrons. The van der Waals surface area contributed by atoms with Gasteiger partial charge >= 0.3 is 5.97 Å². The zero-order chi connectivity index (χ0) is 23.3. The Bertz CT molecular complexity index is 1150. The number of ether oxygens (including phenoxy) is 2. The predicted molar refractivity (Wildman–Crippen MR) is 112 cm³/mol. The summed E-state index contributed by atoms with van der Waals surface area (Å²) in [4.78, 5) is 34.4. The van der Waals surface area contributed by atoms with E-state index >= 15 is 0 Å². The molecule has 1 heterocycles. The van der Waals surface area contributed by atoms with Crippen molar-refractivity contribution < 1.29 is 32.4 Å². The van der Waals surface area contributed by atoms with Crippen LogP contribution in [-0.4, -0.2) is 62.4 Å². The molecule has 0 unspecified atom stereocenters. The van der Waals surface area contributed by atoms with Crippen LogP contribution in [0.3, 0.4) is 0 Å². The summed E-state index contributed by atoms with van der Waals surface area (Å²) in [6, 6.07) is 9.06. The summed E-state index contributed by atoms with van der Waals surface area (Å²) in [6.45, 7) is 0.393. The Morgan fingerprint density at radius 1 is 1.19 bits per heavy atom. The summed E-state index contributed by atoms with van der Waals surface area (Å²) < 4.78 is 36.8. The lowest BCUT2D eigenvalue weighted by Crippen LogP contribution is -2.40. The minimum atomic E-state index is -3.75. The molecule has 0 saturated carbocycles. The molecule has 3 rings (SSSR count). The molecular weight excluding hydrogens is 444 g/mol. The second-order valence-corrected chi connectivity index (χ2v) is 8.64. The molecule has 0 spiro atoms. The number of amides is 1. The fourth-order valence-corrected chi connectivity index (χ4v) is 4.36. The van der Waals surface area contributed by atoms with Gasteiger partial charge in [0, 0.05) is 24.8 Å². The number of benzene rings is 2. The Hall–Kier alpha value is -3.55. The third-order valence-corrected chi connectivity index (χ3v) is 6.42. The Morgan fingerprint density at radius 3 is 2.59 bits per heavy atom. The Labute approximate surface area is 183 Å². The van der Waals surface area contributed by atoms with Gasteiger partial charge in [-0.1, -0.05) is 6.07 Å². The van der Waals surface area contributed by atoms with Crippen molar-refractivity contribution in [2.45, 2.75) is 4.90 Å². The van der Waals surface area contributed by atoms with Crippen molar-refractivity contribution in [1.29, 1.82) is 0 Å². The quantitative estimate of drug-likeness (QED) is 0.262. The number of rotatable bonds is 7. The van der Waals surface area contributed by atoms with Gasteiger partial charge < -0.3 is 20.5 Å². The number of nitrogen functional groups attached to an aromatic ring is 1. The van der Waals surface area contributed by atoms with Crippen LogP contribution in [0.15, 0.2) is 47.4 Å². The van der Waals surface area contributed by atoms with Crippen LogP contribution < -0.4 is 11.1 Å². The van der Waals surface area contributed by atoms with Crippen LogP contribution in [-0.2, 0) is 24.3 Å². The number of nitrogens with one attached hydrogen (secondary N) is 1. The van der Waals surface area contributed by atoms with Gasteiger partial charge in [0.15, 0.2) is 6.61 Å². The van der Waals surface area contributed by atoms with Gasteiger partial charge in [0.25, 0.3) is 11.6 Å². The lowest BCUT2D eigenvalue weighted by Gasteiger charge is -2.26. The lowest BCUT2D eigenvalue weighted by atomic mass is 10.2. The number of hydrogen-bond acceptors (Lipinski definition) is 9. The molecule has 1 amide bonds. The third-order valence-electron chi connectivity index (χ3n) is 4.52. The molecule has 1 fully saturated rings. The van der Waals surface area contributed by atoms with E-state index in [1.54, 1.807) is 0 Å². The highest BCUT2D eigenvalue weighted by Gasteiger charge is 2.26. The van der Waals surface area contributed by atoms with Crippen LogP contribution in [0.1, 0.15) is 10.4 Å². The Kier molecular flexibility index (Phi) is 7.02. The monoisotopic (exact) mass is 464 g/mol. The van der Waals surface area contributed by atoms with Crippen molar-refractivity contribution in [1.82, 2.24) is 4.31 Å². The standard InChI is InChI=1S/C19H20N4O8S/c20-16-5-4-13(10-17(16)23(26)27)19(25)31-12-18(24)21-14-2-1-3-15(11-14)32(28,29)22-6-8-30-9-7-22/h1-5,10-11H,6-9,12,20H2,(H,21,24). The average molecular weight is 464 g/mol. The maximum absolute atomic E-state index is 12.7. The van der Waals surface area contributed by atoms with Crippen molar-refractivity contribution in [2.24, 2.45) is 0 Å². The van der Waals surface area contributed by atoms with Gasteiger partial charge in [0.05, 0.1) is 28.6 Å². The number of nitro groups is 1. The van der Waals surface area contributed by atoms with Crippen molar-refractivity contribution >= 4 is 39.0 Å². The van der Waals surface area contributed by atoms with Crippen LogP contribution in [0.4, 0.5) is 17.1 Å². The molecule has 1 aliphatic rings. The van der Waals surface area contributed by atoms with E-state index in [9.17, 15) is 28.1 Å². The SMILES string of the molecule is Nc1ccc(C(=O)OCC(=O)Nc2cccc(S(=O)(=O)N3CCOCC3)c2)cc1[N+](=O)[O-]. The van der Waals surface area contributed by atoms with Crippen molar-refractivity contribution in [3.63, 3.8) is 0 Å². The molecule has 32 heavy (non-hydrogen) atoms. The first kappa shape index (κ1) is 23.1. The zero-order valence-corrected chi connectivity index (χ0v) is 17.5. The highest BCUT2D eigenvalue weighted by Crippen LogP contribution is 2.23. The highest BCUT2D eigenvalue weighted by atomic mass is 32.2. The summed E-state index contributed by atoms with van der Waals surface area (Å²) in [6.07, 6.45) is 0. The van der Waals surface area contributed by atoms with E-state index in [1.165, 1.54) is 40.7 Å². The second-order valence-electron chi connectivity index (χ2n) is 6.70. The molecule has 13 heteroatoms. The molecule has 0 aromatic heterocycles. The van der Waals surface area contributed by atoms with E-state index in [1.807, 2.05) is 0 Å². The van der Waals surface area contributed by atoms with Gasteiger partial charge in [0.2, 0.25) is 10.0 Å². The number of carbonyl (C=O) groups is 2. The van der Waals surface area contributed by atoms with E-state index in [-0.39, 0.29) is 34.9 Å². The molecule has 0 atom stereocenters. The van der Waals surface area contributed by atoms with Crippen LogP contribution in [0.2, 0.25) is 0 Å². The highest BCUT2D eigenvalue weighted by molar-refractivity contribution is 7.89. The molecule has 12 nitrogen and oxygen atoms in total. The van der Waals surface area contributed by atoms with Gasteiger partial charge in [-0.05, 0) is 30.3 Å². The number of hydrogen-bond donors (Lipinski definition) is 2. The maximum atomic E-state index is 12.7. The van der Waals surface area contributed by atoms with E-state index in [2.05, 4.69) is 5.32 Å². The summed E-state index contributed by atoms with van der Waals surface area (Å²) in [7, 11) is -3.75. The molecule has 0 bridgehead atoms. The van der Waals surface area contributed by atoms with Crippen LogP contribution >= 0.6 is 0 Å². The second kappa shape index (κ2) is 9.72. The summed E-state index contributed by atoms with van der Waals surface area (Å²) in [5.74, 6) is -1.67. The van der Waals surface area contributed by atoms with E-state index in [0.717, 1.165) is 6.07 Å². The molecule has 2 aromatic carbocycles. The summed E-state index contributed by atoms with van der Waals surface area (Å²) in [5, 5.41) is 13.4. The summed E-state index contributed by atoms with van der Waals surface area (Å²) in [5.41, 5.74) is 4.96. The molecule has 1 saturated heterocycles. The van der Waals surface area contributed by atoms with Gasteiger partial charge in [-0.25, -0.2) is 13.2 Å². The van der Waals surface area contributed by atoms with E-state index in [4.69, 9.17) is 15.2 Å². The average Bonchev–Trinajstić information content (AvgIpc) is 2.78. The molecular formula is C19H20N4O8S.